The van der Waals surface area contributed by atoms with Crippen LogP contribution in [0.15, 0.2) is 46.8 Å². The maximum atomic E-state index is 14.2. The molecule has 0 spiro atoms. The van der Waals surface area contributed by atoms with Crippen LogP contribution >= 0.6 is 0 Å². The van der Waals surface area contributed by atoms with Crippen LogP contribution in [0.1, 0.15) is 83.5 Å². The van der Waals surface area contributed by atoms with Crippen LogP contribution in [-0.2, 0) is 57.5 Å². The molecule has 0 radical (unpaired) electrons. The number of nitrogens with two attached hydrogens (primary N) is 2. The van der Waals surface area contributed by atoms with E-state index in [-0.39, 0.29) is 139 Å². The number of nitrogens with zero attached hydrogens (tertiary/aromatic N) is 3. The minimum absolute atomic E-state index is 0.0425. The van der Waals surface area contributed by atoms with Crippen molar-refractivity contribution in [3.05, 3.63) is 46.8 Å². The molecule has 12 amide bonds. The molecule has 9 unspecified atom stereocenters. The van der Waals surface area contributed by atoms with Gasteiger partial charge >= 0.3 is 0 Å². The summed E-state index contributed by atoms with van der Waals surface area (Å²) < 4.78 is 0. The Balaban J connectivity index is 1.49. The van der Waals surface area contributed by atoms with Crippen molar-refractivity contribution in [2.24, 2.45) is 11.5 Å². The van der Waals surface area contributed by atoms with Crippen LogP contribution in [-0.4, -0.2) is 230 Å². The summed E-state index contributed by atoms with van der Waals surface area (Å²) in [4.78, 5) is 157. The van der Waals surface area contributed by atoms with Gasteiger partial charge in [-0.3, -0.25) is 67.9 Å². The number of fused-ring (bicyclic) bond motifs is 3. The lowest BCUT2D eigenvalue weighted by Crippen LogP contribution is -2.62. The molecular weight excluding hydrogens is 1110 g/mol. The maximum absolute atomic E-state index is 14.2. The fraction of sp³-hybridized carbons (Fsp3) is 0.600. The first-order valence-electron chi connectivity index (χ1n) is 27.2. The number of hydrogen-bond acceptors (Lipinski definition) is 22. The van der Waals surface area contributed by atoms with Crippen molar-refractivity contribution in [1.29, 1.82) is 0 Å². The van der Waals surface area contributed by atoms with Gasteiger partial charge in [0.25, 0.3) is 0 Å². The fourth-order valence-electron chi connectivity index (χ4n) is 9.19. The van der Waals surface area contributed by atoms with Crippen molar-refractivity contribution in [1.82, 2.24) is 68.2 Å². The molecule has 9 atom stereocenters. The molecule has 34 nitrogen and oxygen atoms in total. The minimum Gasteiger partial charge on any atom is -0.504 e. The van der Waals surface area contributed by atoms with E-state index in [1.807, 2.05) is 0 Å². The summed E-state index contributed by atoms with van der Waals surface area (Å²) in [6.07, 6.45) is 2.22. The number of hydrogen-bond donors (Lipinski definition) is 19. The third kappa shape index (κ3) is 20.8. The van der Waals surface area contributed by atoms with Crippen molar-refractivity contribution in [2.75, 3.05) is 52.5 Å². The number of allylic oxidation sites excluding steroid dienone is 1. The quantitative estimate of drug-likeness (QED) is 0.0133. The number of hydroxylamine groups is 4. The predicted octanol–water partition coefficient (Wildman–Crippen LogP) is -7.54. The first-order chi connectivity index (χ1) is 40.0. The van der Waals surface area contributed by atoms with Gasteiger partial charge in [-0.1, -0.05) is 0 Å². The van der Waals surface area contributed by atoms with Crippen LogP contribution < -0.4 is 64.6 Å². The van der Waals surface area contributed by atoms with Crippen LogP contribution in [0.4, 0.5) is 0 Å². The second kappa shape index (κ2) is 34.2. The number of rotatable bonds is 31. The van der Waals surface area contributed by atoms with Crippen molar-refractivity contribution < 1.29 is 93.5 Å². The number of carbonyl (C=O) groups excluding carboxylic acids is 12. The molecular formula is C50H77N15O19. The molecule has 3 heterocycles. The average Bonchev–Trinajstić information content (AvgIpc) is 1.54. The molecule has 1 aliphatic carbocycles. The van der Waals surface area contributed by atoms with E-state index in [2.05, 4.69) is 53.2 Å². The second-order valence-electron chi connectivity index (χ2n) is 20.0. The van der Waals surface area contributed by atoms with Gasteiger partial charge in [-0.15, -0.1) is 0 Å². The number of aliphatic hydroxyl groups is 5. The normalized spacial score (nSPS) is 21.3. The average molecular weight is 1190 g/mol. The Hall–Kier alpha value is -8.44. The predicted molar refractivity (Wildman–Crippen MR) is 287 cm³/mol. The molecule has 4 rings (SSSR count). The van der Waals surface area contributed by atoms with E-state index in [9.17, 15) is 93.5 Å². The molecule has 84 heavy (non-hydrogen) atoms. The van der Waals surface area contributed by atoms with Crippen LogP contribution in [0.5, 0.6) is 0 Å². The molecule has 0 aromatic rings. The van der Waals surface area contributed by atoms with E-state index >= 15 is 0 Å². The topological polar surface area (TPSA) is 529 Å². The molecule has 21 N–H and O–H groups in total. The summed E-state index contributed by atoms with van der Waals surface area (Å²) in [7, 11) is 0. The first kappa shape index (κ1) is 68.1. The molecule has 2 fully saturated rings. The smallest absolute Gasteiger partial charge is 0.246 e. The van der Waals surface area contributed by atoms with Crippen molar-refractivity contribution in [3.8, 4) is 0 Å². The second-order valence-corrected chi connectivity index (χ2v) is 20.0. The Kier molecular flexibility index (Phi) is 27.7. The highest BCUT2D eigenvalue weighted by Crippen LogP contribution is 2.35. The van der Waals surface area contributed by atoms with Gasteiger partial charge in [0.2, 0.25) is 71.9 Å². The van der Waals surface area contributed by atoms with Gasteiger partial charge < -0.3 is 95.1 Å². The Morgan fingerprint density at radius 3 is 2.08 bits per heavy atom. The lowest BCUT2D eigenvalue weighted by molar-refractivity contribution is -0.150. The third-order valence-corrected chi connectivity index (χ3v) is 13.7. The number of aliphatic hydroxyl groups excluding tert-OH is 5. The Morgan fingerprint density at radius 1 is 0.738 bits per heavy atom. The Bertz CT molecular complexity index is 2530. The molecule has 2 saturated heterocycles. The maximum Gasteiger partial charge on any atom is 0.246 e. The van der Waals surface area contributed by atoms with E-state index in [1.165, 1.54) is 23.1 Å². The molecule has 0 saturated carbocycles. The summed E-state index contributed by atoms with van der Waals surface area (Å²) in [6.45, 7) is -2.85. The Labute approximate surface area is 481 Å². The summed E-state index contributed by atoms with van der Waals surface area (Å²) in [5.74, 6) is -9.88. The van der Waals surface area contributed by atoms with Crippen LogP contribution in [0, 0.1) is 0 Å². The molecule has 3 aliphatic heterocycles. The van der Waals surface area contributed by atoms with Crippen LogP contribution in [0.2, 0.25) is 0 Å². The van der Waals surface area contributed by atoms with Gasteiger partial charge in [0.15, 0.2) is 11.5 Å². The van der Waals surface area contributed by atoms with E-state index in [4.69, 9.17) is 11.5 Å². The minimum atomic E-state index is -1.70. The molecule has 0 aromatic carbocycles. The monoisotopic (exact) mass is 1190 g/mol. The van der Waals surface area contributed by atoms with E-state index in [0.29, 0.717) is 17.1 Å². The zero-order chi connectivity index (χ0) is 62.0. The van der Waals surface area contributed by atoms with Crippen molar-refractivity contribution >= 4 is 71.9 Å². The molecule has 466 valence electrons. The highest BCUT2D eigenvalue weighted by Gasteiger charge is 2.43. The zero-order valence-electron chi connectivity index (χ0n) is 46.0. The summed E-state index contributed by atoms with van der Waals surface area (Å²) >= 11 is 0. The van der Waals surface area contributed by atoms with Gasteiger partial charge in [-0.2, -0.15) is 0 Å². The highest BCUT2D eigenvalue weighted by atomic mass is 16.5. The largest absolute Gasteiger partial charge is 0.504 e. The lowest BCUT2D eigenvalue weighted by Gasteiger charge is -2.47. The lowest BCUT2D eigenvalue weighted by atomic mass is 9.90. The van der Waals surface area contributed by atoms with Crippen molar-refractivity contribution in [2.45, 2.75) is 138 Å². The van der Waals surface area contributed by atoms with Gasteiger partial charge in [-0.25, -0.2) is 10.1 Å². The van der Waals surface area contributed by atoms with Crippen LogP contribution in [0.25, 0.3) is 0 Å². The number of unbranched alkanes of at least 4 members (excludes halogenated alkanes) is 1. The Morgan fingerprint density at radius 2 is 1.42 bits per heavy atom. The molecule has 0 bridgehead atoms. The van der Waals surface area contributed by atoms with E-state index < -0.39 is 145 Å². The number of nitrogens with one attached hydrogen (secondary N) is 10. The standard InChI is InChI=1S/C50H77N15O19/c51-14-3-1-7-28(58-49(81)34(24-67)62-50(82)35-13-16-53-43-32(57-40(73)12-11-37(70)42(52)75)19-27-20-38(71)39(72)21-36(27)65(35)43)44(76)55-22-41(74)56-29(9-5-17-63(83)25-68)46(78)59-30-8-2-4-15-54-45(77)33(23-66)61-48(80)31(60-47(30)79)10-6-18-64(84)26-69/h19-21,25-26,28-31,33-37,53,66-67,70-72,83-84H,1-18,22-24,51H2,(H2,52,75)(H,54,77)(H,55,76)(H,56,74)(H,57,73)(H,58,81)(H,59,78)(H,60,79)(H,61,80)(H,62,82). The zero-order valence-corrected chi connectivity index (χ0v) is 46.0. The highest BCUT2D eigenvalue weighted by molar-refractivity contribution is 5.97. The van der Waals surface area contributed by atoms with Gasteiger partial charge in [0.05, 0.1) is 31.5 Å². The molecule has 0 aromatic heterocycles. The van der Waals surface area contributed by atoms with Gasteiger partial charge in [0, 0.05) is 32.6 Å². The SMILES string of the molecule is NCCCCC(NC(=O)C(CO)NC(=O)C1CCNC2=C(NC(=O)CCC(O)C(N)=O)C=C3C=C(O)C(O)=CC3N21)C(=O)NCC(=O)NC(CCCN(O)C=O)C(=O)NC1CCCCNC(=O)C(CO)NC(=O)C(CCCN(O)C=O)NC1=O. The van der Waals surface area contributed by atoms with Crippen molar-refractivity contribution in [3.63, 3.8) is 0 Å². The first-order valence-corrected chi connectivity index (χ1v) is 27.2. The van der Waals surface area contributed by atoms with E-state index in [1.54, 1.807) is 0 Å². The number of primary amides is 1. The summed E-state index contributed by atoms with van der Waals surface area (Å²) in [5, 5.41) is 96.4. The fourth-order valence-corrected chi connectivity index (χ4v) is 9.19. The molecule has 4 aliphatic rings. The van der Waals surface area contributed by atoms with E-state index in [0.717, 1.165) is 0 Å². The summed E-state index contributed by atoms with van der Waals surface area (Å²) in [6, 6.07) is -11.0. The molecule has 34 heteroatoms. The van der Waals surface area contributed by atoms with Crippen LogP contribution in [0.3, 0.4) is 0 Å². The number of carbonyl (C=O) groups is 12. The summed E-state index contributed by atoms with van der Waals surface area (Å²) in [5.41, 5.74) is 11.2. The third-order valence-electron chi connectivity index (χ3n) is 13.7. The van der Waals surface area contributed by atoms with Gasteiger partial charge in [-0.05, 0) is 107 Å². The van der Waals surface area contributed by atoms with Gasteiger partial charge in [0.1, 0.15) is 54.2 Å². The number of amides is 12.